The van der Waals surface area contributed by atoms with Crippen LogP contribution >= 0.6 is 0 Å². The monoisotopic (exact) mass is 361 g/mol. The summed E-state index contributed by atoms with van der Waals surface area (Å²) in [5.41, 5.74) is 0.707. The van der Waals surface area contributed by atoms with Crippen molar-refractivity contribution in [2.45, 2.75) is 12.8 Å². The van der Waals surface area contributed by atoms with Gasteiger partial charge in [0.2, 0.25) is 0 Å². The molecule has 7 nitrogen and oxygen atoms in total. The molecule has 0 saturated carbocycles. The lowest BCUT2D eigenvalue weighted by atomic mass is 9.79. The van der Waals surface area contributed by atoms with Crippen molar-refractivity contribution >= 4 is 11.7 Å². The summed E-state index contributed by atoms with van der Waals surface area (Å²) in [6, 6.07) is 3.70. The van der Waals surface area contributed by atoms with E-state index >= 15 is 0 Å². The van der Waals surface area contributed by atoms with Crippen LogP contribution in [0.3, 0.4) is 0 Å². The van der Waals surface area contributed by atoms with E-state index in [-0.39, 0.29) is 11.3 Å². The van der Waals surface area contributed by atoms with E-state index in [0.29, 0.717) is 18.7 Å². The van der Waals surface area contributed by atoms with Crippen LogP contribution in [0.25, 0.3) is 0 Å². The Morgan fingerprint density at radius 2 is 2.04 bits per heavy atom. The predicted molar refractivity (Wildman–Crippen MR) is 103 cm³/mol. The summed E-state index contributed by atoms with van der Waals surface area (Å²) in [4.78, 5) is 21.7. The van der Waals surface area contributed by atoms with Gasteiger partial charge in [-0.3, -0.25) is 4.79 Å². The number of rotatable bonds is 6. The lowest BCUT2D eigenvalue weighted by molar-refractivity contribution is 0.0511. The predicted octanol–water partition coefficient (Wildman–Crippen LogP) is 0.579. The Kier molecular flexibility index (Phi) is 6.45. The van der Waals surface area contributed by atoms with E-state index in [0.717, 1.165) is 57.9 Å². The Balaban J connectivity index is 1.61. The number of hydrogen-bond donors (Lipinski definition) is 2. The minimum absolute atomic E-state index is 0.0307. The van der Waals surface area contributed by atoms with E-state index < -0.39 is 0 Å². The highest BCUT2D eigenvalue weighted by Gasteiger charge is 2.32. The molecule has 0 radical (unpaired) electrons. The van der Waals surface area contributed by atoms with Crippen molar-refractivity contribution in [1.29, 1.82) is 0 Å². The van der Waals surface area contributed by atoms with Gasteiger partial charge in [-0.05, 0) is 45.1 Å². The van der Waals surface area contributed by atoms with Gasteiger partial charge in [-0.1, -0.05) is 0 Å². The van der Waals surface area contributed by atoms with Gasteiger partial charge in [-0.25, -0.2) is 4.98 Å². The standard InChI is InChI=1S/C19H31N5O2/c1-23-9-11-24(12-10-23)17-13-16(3-6-21-17)18(25)22-14-19(15-26-2)4-7-20-8-5-19/h3,6,13,20H,4-5,7-12,14-15H2,1-2H3,(H,22,25). The number of nitrogens with one attached hydrogen (secondary N) is 2. The van der Waals surface area contributed by atoms with Crippen LogP contribution < -0.4 is 15.5 Å². The number of amides is 1. The molecule has 7 heteroatoms. The fourth-order valence-corrected chi connectivity index (χ4v) is 3.77. The van der Waals surface area contributed by atoms with Crippen LogP contribution in [0.15, 0.2) is 18.3 Å². The highest BCUT2D eigenvalue weighted by molar-refractivity contribution is 5.94. The number of likely N-dealkylation sites (N-methyl/N-ethyl adjacent to an activating group) is 1. The van der Waals surface area contributed by atoms with Crippen molar-refractivity contribution < 1.29 is 9.53 Å². The zero-order valence-corrected chi connectivity index (χ0v) is 16.0. The van der Waals surface area contributed by atoms with E-state index in [1.165, 1.54) is 0 Å². The van der Waals surface area contributed by atoms with Gasteiger partial charge in [0.25, 0.3) is 5.91 Å². The summed E-state index contributed by atoms with van der Waals surface area (Å²) in [5, 5.41) is 6.51. The molecule has 3 heterocycles. The maximum atomic E-state index is 12.7. The minimum Gasteiger partial charge on any atom is -0.384 e. The molecular formula is C19H31N5O2. The molecule has 0 bridgehead atoms. The first kappa shape index (κ1) is 19.1. The zero-order chi connectivity index (χ0) is 18.4. The summed E-state index contributed by atoms with van der Waals surface area (Å²) < 4.78 is 5.43. The van der Waals surface area contributed by atoms with Crippen molar-refractivity contribution in [2.24, 2.45) is 5.41 Å². The normalized spacial score (nSPS) is 20.8. The minimum atomic E-state index is -0.0308. The molecule has 2 fully saturated rings. The summed E-state index contributed by atoms with van der Waals surface area (Å²) in [6.07, 6.45) is 3.77. The second kappa shape index (κ2) is 8.79. The second-order valence-corrected chi connectivity index (χ2v) is 7.56. The summed E-state index contributed by atoms with van der Waals surface area (Å²) in [6.45, 7) is 7.20. The molecule has 0 aromatic carbocycles. The molecule has 144 valence electrons. The maximum absolute atomic E-state index is 12.7. The third-order valence-electron chi connectivity index (χ3n) is 5.57. The van der Waals surface area contributed by atoms with Gasteiger partial charge in [-0.2, -0.15) is 0 Å². The number of carbonyl (C=O) groups is 1. The number of carbonyl (C=O) groups excluding carboxylic acids is 1. The number of piperazine rings is 1. The van der Waals surface area contributed by atoms with Gasteiger partial charge in [-0.15, -0.1) is 0 Å². The van der Waals surface area contributed by atoms with Gasteiger partial charge in [0, 0.05) is 57.0 Å². The molecule has 26 heavy (non-hydrogen) atoms. The average molecular weight is 361 g/mol. The van der Waals surface area contributed by atoms with Gasteiger partial charge in [0.1, 0.15) is 5.82 Å². The van der Waals surface area contributed by atoms with E-state index in [9.17, 15) is 4.79 Å². The lowest BCUT2D eigenvalue weighted by Gasteiger charge is -2.37. The van der Waals surface area contributed by atoms with E-state index in [2.05, 4.69) is 32.5 Å². The summed E-state index contributed by atoms with van der Waals surface area (Å²) in [5.74, 6) is 0.857. The number of pyridine rings is 1. The number of anilines is 1. The molecule has 2 saturated heterocycles. The topological polar surface area (TPSA) is 69.7 Å². The van der Waals surface area contributed by atoms with Crippen LogP contribution in [-0.2, 0) is 4.74 Å². The number of nitrogens with zero attached hydrogens (tertiary/aromatic N) is 3. The van der Waals surface area contributed by atoms with E-state index in [4.69, 9.17) is 4.74 Å². The Morgan fingerprint density at radius 3 is 2.73 bits per heavy atom. The van der Waals surface area contributed by atoms with Crippen LogP contribution in [0.2, 0.25) is 0 Å². The summed E-state index contributed by atoms with van der Waals surface area (Å²) in [7, 11) is 3.86. The molecular weight excluding hydrogens is 330 g/mol. The van der Waals surface area contributed by atoms with Gasteiger partial charge >= 0.3 is 0 Å². The molecule has 2 aliphatic heterocycles. The molecule has 3 rings (SSSR count). The smallest absolute Gasteiger partial charge is 0.251 e. The van der Waals surface area contributed by atoms with Crippen molar-refractivity contribution in [3.05, 3.63) is 23.9 Å². The lowest BCUT2D eigenvalue weighted by Crippen LogP contribution is -2.47. The SMILES string of the molecule is COCC1(CNC(=O)c2ccnc(N3CCN(C)CC3)c2)CCNCC1. The largest absolute Gasteiger partial charge is 0.384 e. The average Bonchev–Trinajstić information content (AvgIpc) is 2.68. The van der Waals surface area contributed by atoms with Gasteiger partial charge in [0.05, 0.1) is 6.61 Å². The number of ether oxygens (including phenoxy) is 1. The van der Waals surface area contributed by atoms with E-state index in [1.807, 2.05) is 6.07 Å². The number of hydrogen-bond acceptors (Lipinski definition) is 6. The summed E-state index contributed by atoms with van der Waals surface area (Å²) >= 11 is 0. The third-order valence-corrected chi connectivity index (χ3v) is 5.57. The Hall–Kier alpha value is -1.70. The molecule has 2 N–H and O–H groups in total. The van der Waals surface area contributed by atoms with Crippen molar-refractivity contribution in [3.63, 3.8) is 0 Å². The first-order chi connectivity index (χ1) is 12.6. The van der Waals surface area contributed by atoms with Gasteiger partial charge < -0.3 is 25.2 Å². The van der Waals surface area contributed by atoms with Crippen LogP contribution in [0, 0.1) is 5.41 Å². The maximum Gasteiger partial charge on any atom is 0.251 e. The molecule has 1 aromatic rings. The zero-order valence-electron chi connectivity index (χ0n) is 16.0. The highest BCUT2D eigenvalue weighted by atomic mass is 16.5. The Labute approximate surface area is 156 Å². The molecule has 1 amide bonds. The number of aromatic nitrogens is 1. The second-order valence-electron chi connectivity index (χ2n) is 7.56. The molecule has 0 aliphatic carbocycles. The van der Waals surface area contributed by atoms with Crippen LogP contribution in [-0.4, -0.2) is 82.4 Å². The number of methoxy groups -OCH3 is 1. The van der Waals surface area contributed by atoms with E-state index in [1.54, 1.807) is 19.4 Å². The molecule has 0 spiro atoms. The van der Waals surface area contributed by atoms with Crippen molar-refractivity contribution in [3.8, 4) is 0 Å². The first-order valence-corrected chi connectivity index (χ1v) is 9.49. The van der Waals surface area contributed by atoms with Crippen molar-refractivity contribution in [1.82, 2.24) is 20.5 Å². The molecule has 1 aromatic heterocycles. The number of piperidine rings is 1. The fourth-order valence-electron chi connectivity index (χ4n) is 3.77. The Bertz CT molecular complexity index is 590. The van der Waals surface area contributed by atoms with Crippen LogP contribution in [0.5, 0.6) is 0 Å². The van der Waals surface area contributed by atoms with Gasteiger partial charge in [0.15, 0.2) is 0 Å². The fraction of sp³-hybridized carbons (Fsp3) is 0.684. The quantitative estimate of drug-likeness (QED) is 0.773. The first-order valence-electron chi connectivity index (χ1n) is 9.49. The highest BCUT2D eigenvalue weighted by Crippen LogP contribution is 2.28. The Morgan fingerprint density at radius 1 is 1.31 bits per heavy atom. The molecule has 0 unspecified atom stereocenters. The third kappa shape index (κ3) is 4.72. The molecule has 2 aliphatic rings. The van der Waals surface area contributed by atoms with Crippen LogP contribution in [0.1, 0.15) is 23.2 Å². The van der Waals surface area contributed by atoms with Crippen LogP contribution in [0.4, 0.5) is 5.82 Å². The molecule has 0 atom stereocenters. The van der Waals surface area contributed by atoms with Crippen molar-refractivity contribution in [2.75, 3.05) is 71.5 Å².